The summed E-state index contributed by atoms with van der Waals surface area (Å²) in [5.41, 5.74) is 6.29. The number of hydrogen-bond acceptors (Lipinski definition) is 4. The number of nitrogens with two attached hydrogens (primary N) is 1. The lowest BCUT2D eigenvalue weighted by atomic mass is 10.2. The van der Waals surface area contributed by atoms with E-state index in [1.165, 1.54) is 0 Å². The van der Waals surface area contributed by atoms with Crippen LogP contribution in [0, 0.1) is 0 Å². The highest BCUT2D eigenvalue weighted by Crippen LogP contribution is 2.00. The van der Waals surface area contributed by atoms with Crippen molar-refractivity contribution in [1.29, 1.82) is 0 Å². The summed E-state index contributed by atoms with van der Waals surface area (Å²) < 4.78 is 1.85. The van der Waals surface area contributed by atoms with Crippen molar-refractivity contribution < 1.29 is 14.7 Å². The van der Waals surface area contributed by atoms with Crippen molar-refractivity contribution in [3.63, 3.8) is 0 Å². The molecule has 0 aliphatic carbocycles. The Morgan fingerprint density at radius 1 is 1.61 bits per heavy atom. The van der Waals surface area contributed by atoms with Gasteiger partial charge in [-0.25, -0.2) is 4.98 Å². The van der Waals surface area contributed by atoms with E-state index in [0.717, 1.165) is 5.69 Å². The second-order valence-electron chi connectivity index (χ2n) is 4.08. The average molecular weight is 254 g/mol. The molecule has 7 nitrogen and oxygen atoms in total. The van der Waals surface area contributed by atoms with E-state index < -0.39 is 12.0 Å². The first kappa shape index (κ1) is 14.2. The van der Waals surface area contributed by atoms with Crippen molar-refractivity contribution in [2.75, 3.05) is 6.54 Å². The molecule has 0 fully saturated rings. The number of carbonyl (C=O) groups is 2. The maximum Gasteiger partial charge on any atom is 0.320 e. The minimum absolute atomic E-state index is 0.117. The summed E-state index contributed by atoms with van der Waals surface area (Å²) in [5.74, 6) is -1.17. The van der Waals surface area contributed by atoms with Crippen LogP contribution in [-0.4, -0.2) is 39.1 Å². The van der Waals surface area contributed by atoms with E-state index in [1.807, 2.05) is 11.6 Å². The molecule has 0 bridgehead atoms. The summed E-state index contributed by atoms with van der Waals surface area (Å²) in [6.45, 7) is 0.275. The van der Waals surface area contributed by atoms with Gasteiger partial charge < -0.3 is 20.7 Å². The summed E-state index contributed by atoms with van der Waals surface area (Å²) in [5, 5.41) is 11.2. The summed E-state index contributed by atoms with van der Waals surface area (Å²) in [7, 11) is 1.87. The summed E-state index contributed by atoms with van der Waals surface area (Å²) >= 11 is 0. The minimum Gasteiger partial charge on any atom is -0.480 e. The first-order valence-electron chi connectivity index (χ1n) is 5.71. The van der Waals surface area contributed by atoms with Gasteiger partial charge in [0.15, 0.2) is 0 Å². The van der Waals surface area contributed by atoms with Crippen LogP contribution in [0.5, 0.6) is 0 Å². The maximum atomic E-state index is 11.5. The Labute approximate surface area is 105 Å². The second kappa shape index (κ2) is 6.75. The van der Waals surface area contributed by atoms with E-state index in [9.17, 15) is 9.59 Å². The number of nitrogens with one attached hydrogen (secondary N) is 1. The third-order valence-corrected chi connectivity index (χ3v) is 2.62. The SMILES string of the molecule is Cn1cncc1CCC(=O)NCCC(N)C(=O)O. The van der Waals surface area contributed by atoms with Crippen molar-refractivity contribution in [1.82, 2.24) is 14.9 Å². The monoisotopic (exact) mass is 254 g/mol. The first-order valence-corrected chi connectivity index (χ1v) is 5.71. The van der Waals surface area contributed by atoms with Gasteiger partial charge in [0.2, 0.25) is 5.91 Å². The third kappa shape index (κ3) is 4.54. The maximum absolute atomic E-state index is 11.5. The smallest absolute Gasteiger partial charge is 0.320 e. The third-order valence-electron chi connectivity index (χ3n) is 2.62. The highest BCUT2D eigenvalue weighted by atomic mass is 16.4. The number of carbonyl (C=O) groups excluding carboxylic acids is 1. The molecule has 0 saturated heterocycles. The van der Waals surface area contributed by atoms with Gasteiger partial charge in [-0.05, 0) is 12.8 Å². The standard InChI is InChI=1S/C11H18N4O3/c1-15-7-13-6-8(15)2-3-10(16)14-5-4-9(12)11(17)18/h6-7,9H,2-5,12H2,1H3,(H,14,16)(H,17,18). The summed E-state index contributed by atoms with van der Waals surface area (Å²) in [4.78, 5) is 25.9. The molecule has 18 heavy (non-hydrogen) atoms. The van der Waals surface area contributed by atoms with Gasteiger partial charge in [0.25, 0.3) is 0 Å². The molecule has 0 saturated carbocycles. The van der Waals surface area contributed by atoms with E-state index in [-0.39, 0.29) is 18.9 Å². The van der Waals surface area contributed by atoms with Gasteiger partial charge in [0.05, 0.1) is 6.33 Å². The number of amides is 1. The Kier molecular flexibility index (Phi) is 5.31. The average Bonchev–Trinajstić information content (AvgIpc) is 2.72. The number of carboxylic acids is 1. The van der Waals surface area contributed by atoms with Gasteiger partial charge in [-0.2, -0.15) is 0 Å². The zero-order valence-corrected chi connectivity index (χ0v) is 10.3. The molecular weight excluding hydrogens is 236 g/mol. The Bertz CT molecular complexity index is 416. The molecule has 0 aliphatic heterocycles. The number of aliphatic carboxylic acids is 1. The second-order valence-corrected chi connectivity index (χ2v) is 4.08. The Balaban J connectivity index is 2.19. The molecule has 0 radical (unpaired) electrons. The Morgan fingerprint density at radius 2 is 2.33 bits per heavy atom. The fourth-order valence-electron chi connectivity index (χ4n) is 1.45. The molecule has 7 heteroatoms. The largest absolute Gasteiger partial charge is 0.480 e. The number of aryl methyl sites for hydroxylation is 2. The lowest BCUT2D eigenvalue weighted by molar-refractivity contribution is -0.138. The lowest BCUT2D eigenvalue weighted by Gasteiger charge is -2.08. The molecule has 1 rings (SSSR count). The van der Waals surface area contributed by atoms with Crippen LogP contribution in [-0.2, 0) is 23.1 Å². The molecule has 0 aliphatic rings. The number of nitrogens with zero attached hydrogens (tertiary/aromatic N) is 2. The fraction of sp³-hybridized carbons (Fsp3) is 0.545. The van der Waals surface area contributed by atoms with Crippen LogP contribution < -0.4 is 11.1 Å². The highest BCUT2D eigenvalue weighted by molar-refractivity contribution is 5.76. The van der Waals surface area contributed by atoms with Crippen LogP contribution in [0.3, 0.4) is 0 Å². The van der Waals surface area contributed by atoms with E-state index in [0.29, 0.717) is 12.8 Å². The van der Waals surface area contributed by atoms with Crippen molar-refractivity contribution in [2.45, 2.75) is 25.3 Å². The summed E-state index contributed by atoms with van der Waals surface area (Å²) in [6, 6.07) is -0.928. The van der Waals surface area contributed by atoms with Crippen LogP contribution in [0.15, 0.2) is 12.5 Å². The fourth-order valence-corrected chi connectivity index (χ4v) is 1.45. The van der Waals surface area contributed by atoms with Crippen LogP contribution in [0.25, 0.3) is 0 Å². The number of aromatic nitrogens is 2. The van der Waals surface area contributed by atoms with Crippen molar-refractivity contribution in [3.8, 4) is 0 Å². The molecular formula is C11H18N4O3. The van der Waals surface area contributed by atoms with Crippen LogP contribution >= 0.6 is 0 Å². The molecule has 1 aromatic rings. The topological polar surface area (TPSA) is 110 Å². The van der Waals surface area contributed by atoms with E-state index >= 15 is 0 Å². The normalized spacial score (nSPS) is 12.1. The highest BCUT2D eigenvalue weighted by Gasteiger charge is 2.11. The Morgan fingerprint density at radius 3 is 2.89 bits per heavy atom. The van der Waals surface area contributed by atoms with Crippen LogP contribution in [0.1, 0.15) is 18.5 Å². The number of carboxylic acid groups (broad SMARTS) is 1. The van der Waals surface area contributed by atoms with Gasteiger partial charge in [0.1, 0.15) is 6.04 Å². The number of imidazole rings is 1. The van der Waals surface area contributed by atoms with Gasteiger partial charge >= 0.3 is 5.97 Å². The lowest BCUT2D eigenvalue weighted by Crippen LogP contribution is -2.35. The zero-order valence-electron chi connectivity index (χ0n) is 10.3. The molecule has 1 amide bonds. The van der Waals surface area contributed by atoms with Crippen molar-refractivity contribution in [2.24, 2.45) is 12.8 Å². The van der Waals surface area contributed by atoms with Gasteiger partial charge in [-0.3, -0.25) is 9.59 Å². The summed E-state index contributed by atoms with van der Waals surface area (Å²) in [6.07, 6.45) is 4.58. The predicted molar refractivity (Wildman–Crippen MR) is 64.8 cm³/mol. The molecule has 0 aromatic carbocycles. The molecule has 100 valence electrons. The van der Waals surface area contributed by atoms with Crippen LogP contribution in [0.4, 0.5) is 0 Å². The number of rotatable bonds is 7. The van der Waals surface area contributed by atoms with Crippen molar-refractivity contribution in [3.05, 3.63) is 18.2 Å². The number of hydrogen-bond donors (Lipinski definition) is 3. The molecule has 1 unspecified atom stereocenters. The minimum atomic E-state index is -1.06. The first-order chi connectivity index (χ1) is 8.50. The van der Waals surface area contributed by atoms with Gasteiger partial charge in [-0.15, -0.1) is 0 Å². The molecule has 1 aromatic heterocycles. The van der Waals surface area contributed by atoms with Gasteiger partial charge in [0, 0.05) is 31.9 Å². The quantitative estimate of drug-likeness (QED) is 0.594. The molecule has 4 N–H and O–H groups in total. The molecule has 1 atom stereocenters. The van der Waals surface area contributed by atoms with E-state index in [4.69, 9.17) is 10.8 Å². The zero-order chi connectivity index (χ0) is 13.5. The van der Waals surface area contributed by atoms with E-state index in [1.54, 1.807) is 12.5 Å². The van der Waals surface area contributed by atoms with Crippen LogP contribution in [0.2, 0.25) is 0 Å². The van der Waals surface area contributed by atoms with E-state index in [2.05, 4.69) is 10.3 Å². The predicted octanol–water partition coefficient (Wildman–Crippen LogP) is -0.729. The molecule has 1 heterocycles. The van der Waals surface area contributed by atoms with Gasteiger partial charge in [-0.1, -0.05) is 0 Å². The van der Waals surface area contributed by atoms with Crippen molar-refractivity contribution >= 4 is 11.9 Å². The molecule has 0 spiro atoms. The Hall–Kier alpha value is -1.89.